The van der Waals surface area contributed by atoms with Gasteiger partial charge in [0, 0.05) is 50.6 Å². The molecule has 1 aliphatic heterocycles. The number of halogens is 1. The normalized spacial score (nSPS) is 23.2. The summed E-state index contributed by atoms with van der Waals surface area (Å²) in [4.78, 5) is 21.9. The molecule has 1 aromatic carbocycles. The van der Waals surface area contributed by atoms with E-state index in [1.165, 1.54) is 12.5 Å². The van der Waals surface area contributed by atoms with Crippen LogP contribution in [0.25, 0.3) is 0 Å². The molecule has 6 nitrogen and oxygen atoms in total. The minimum atomic E-state index is -0.380. The van der Waals surface area contributed by atoms with E-state index in [-0.39, 0.29) is 12.2 Å². The van der Waals surface area contributed by atoms with E-state index in [0.29, 0.717) is 48.1 Å². The van der Waals surface area contributed by atoms with Gasteiger partial charge in [-0.25, -0.2) is 14.4 Å². The van der Waals surface area contributed by atoms with E-state index in [0.717, 1.165) is 43.9 Å². The number of ether oxygens (including phenoxy) is 2. The standard InChI is InChI=1S/C25H32FN3O3/c1-25(14-21(25)8-12-32-22-4-3-19(7-11-30)23(26)13-22)20-5-9-29(10-6-20)24-27-15-18(16-28-24)17-31-2/h3-4,11,13,15-16,20-21H,5-10,12,14,17H2,1-2H3. The Morgan fingerprint density at radius 1 is 1.25 bits per heavy atom. The Balaban J connectivity index is 1.21. The second-order valence-corrected chi connectivity index (χ2v) is 9.25. The summed E-state index contributed by atoms with van der Waals surface area (Å²) in [5.74, 6) is 2.32. The highest BCUT2D eigenvalue weighted by molar-refractivity contribution is 5.55. The molecule has 0 spiro atoms. The number of anilines is 1. The van der Waals surface area contributed by atoms with Crippen molar-refractivity contribution in [3.63, 3.8) is 0 Å². The van der Waals surface area contributed by atoms with Gasteiger partial charge in [-0.2, -0.15) is 0 Å². The molecule has 2 fully saturated rings. The Morgan fingerprint density at radius 3 is 2.66 bits per heavy atom. The first-order chi connectivity index (χ1) is 15.5. The largest absolute Gasteiger partial charge is 0.493 e. The number of nitrogens with zero attached hydrogens (tertiary/aromatic N) is 3. The summed E-state index contributed by atoms with van der Waals surface area (Å²) < 4.78 is 24.9. The number of carbonyl (C=O) groups is 1. The third-order valence-corrected chi connectivity index (χ3v) is 7.23. The Kier molecular flexibility index (Phi) is 7.04. The smallest absolute Gasteiger partial charge is 0.225 e. The van der Waals surface area contributed by atoms with E-state index in [1.807, 2.05) is 12.4 Å². The van der Waals surface area contributed by atoms with Crippen LogP contribution >= 0.6 is 0 Å². The molecule has 1 aromatic heterocycles. The maximum absolute atomic E-state index is 14.0. The first-order valence-corrected chi connectivity index (χ1v) is 11.4. The Hall–Kier alpha value is -2.54. The van der Waals surface area contributed by atoms with Crippen LogP contribution < -0.4 is 9.64 Å². The number of methoxy groups -OCH3 is 1. The van der Waals surface area contributed by atoms with Crippen molar-refractivity contribution in [3.8, 4) is 5.75 Å². The Labute approximate surface area is 189 Å². The average molecular weight is 442 g/mol. The van der Waals surface area contributed by atoms with Crippen LogP contribution in [0.4, 0.5) is 10.3 Å². The Bertz CT molecular complexity index is 915. The Morgan fingerprint density at radius 2 is 2.00 bits per heavy atom. The number of rotatable bonds is 10. The number of aromatic nitrogens is 2. The van der Waals surface area contributed by atoms with Gasteiger partial charge in [0.1, 0.15) is 17.9 Å². The summed E-state index contributed by atoms with van der Waals surface area (Å²) in [6.45, 7) is 5.50. The second-order valence-electron chi connectivity index (χ2n) is 9.25. The lowest BCUT2D eigenvalue weighted by atomic mass is 9.81. The van der Waals surface area contributed by atoms with Crippen LogP contribution in [0.3, 0.4) is 0 Å². The van der Waals surface area contributed by atoms with E-state index < -0.39 is 0 Å². The number of aldehydes is 1. The fourth-order valence-corrected chi connectivity index (χ4v) is 5.09. The molecule has 0 radical (unpaired) electrons. The predicted octanol–water partition coefficient (Wildman–Crippen LogP) is 4.22. The summed E-state index contributed by atoms with van der Waals surface area (Å²) in [5, 5.41) is 0. The lowest BCUT2D eigenvalue weighted by molar-refractivity contribution is -0.107. The molecular formula is C25H32FN3O3. The molecule has 172 valence electrons. The molecule has 0 amide bonds. The van der Waals surface area contributed by atoms with Crippen LogP contribution in [0.2, 0.25) is 0 Å². The highest BCUT2D eigenvalue weighted by Gasteiger charge is 2.54. The molecule has 0 N–H and O–H groups in total. The average Bonchev–Trinajstić information content (AvgIpc) is 3.47. The summed E-state index contributed by atoms with van der Waals surface area (Å²) >= 11 is 0. The van der Waals surface area contributed by atoms with Crippen LogP contribution in [0.15, 0.2) is 30.6 Å². The zero-order chi connectivity index (χ0) is 22.6. The van der Waals surface area contributed by atoms with Crippen molar-refractivity contribution in [2.45, 2.75) is 45.6 Å². The molecule has 2 aromatic rings. The first-order valence-electron chi connectivity index (χ1n) is 11.4. The predicted molar refractivity (Wildman–Crippen MR) is 120 cm³/mol. The lowest BCUT2D eigenvalue weighted by Crippen LogP contribution is -2.37. The molecular weight excluding hydrogens is 409 g/mol. The fourth-order valence-electron chi connectivity index (χ4n) is 5.09. The fraction of sp³-hybridized carbons (Fsp3) is 0.560. The zero-order valence-corrected chi connectivity index (χ0v) is 18.9. The molecule has 4 rings (SSSR count). The minimum absolute atomic E-state index is 0.0939. The third-order valence-electron chi connectivity index (χ3n) is 7.23. The summed E-state index contributed by atoms with van der Waals surface area (Å²) in [6, 6.07) is 4.75. The maximum Gasteiger partial charge on any atom is 0.225 e. The number of hydrogen-bond acceptors (Lipinski definition) is 6. The van der Waals surface area contributed by atoms with Crippen LogP contribution in [-0.2, 0) is 22.6 Å². The second kappa shape index (κ2) is 9.94. The number of hydrogen-bond donors (Lipinski definition) is 0. The highest BCUT2D eigenvalue weighted by Crippen LogP contribution is 2.61. The minimum Gasteiger partial charge on any atom is -0.493 e. The molecule has 2 heterocycles. The molecule has 2 unspecified atom stereocenters. The quantitative estimate of drug-likeness (QED) is 0.515. The van der Waals surface area contributed by atoms with Gasteiger partial charge in [0.15, 0.2) is 0 Å². The van der Waals surface area contributed by atoms with E-state index in [4.69, 9.17) is 9.47 Å². The summed E-state index contributed by atoms with van der Waals surface area (Å²) in [6.07, 6.45) is 9.02. The van der Waals surface area contributed by atoms with Gasteiger partial charge in [0.05, 0.1) is 13.2 Å². The van der Waals surface area contributed by atoms with Crippen LogP contribution in [0.1, 0.15) is 43.7 Å². The van der Waals surface area contributed by atoms with Crippen molar-refractivity contribution in [3.05, 3.63) is 47.5 Å². The first kappa shape index (κ1) is 22.6. The van der Waals surface area contributed by atoms with Gasteiger partial charge in [-0.15, -0.1) is 0 Å². The monoisotopic (exact) mass is 441 g/mol. The topological polar surface area (TPSA) is 64.6 Å². The van der Waals surface area contributed by atoms with Crippen molar-refractivity contribution in [2.75, 3.05) is 31.7 Å². The third kappa shape index (κ3) is 5.09. The molecule has 1 aliphatic carbocycles. The lowest BCUT2D eigenvalue weighted by Gasteiger charge is -2.35. The van der Waals surface area contributed by atoms with Crippen molar-refractivity contribution >= 4 is 12.2 Å². The van der Waals surface area contributed by atoms with Gasteiger partial charge in [0.2, 0.25) is 5.95 Å². The van der Waals surface area contributed by atoms with Crippen LogP contribution in [0, 0.1) is 23.1 Å². The van der Waals surface area contributed by atoms with Gasteiger partial charge in [0.25, 0.3) is 0 Å². The van der Waals surface area contributed by atoms with E-state index in [9.17, 15) is 9.18 Å². The number of piperidine rings is 1. The molecule has 2 aliphatic rings. The van der Waals surface area contributed by atoms with Crippen molar-refractivity contribution < 1.29 is 18.7 Å². The van der Waals surface area contributed by atoms with E-state index in [2.05, 4.69) is 21.8 Å². The van der Waals surface area contributed by atoms with Gasteiger partial charge in [-0.3, -0.25) is 0 Å². The van der Waals surface area contributed by atoms with Crippen molar-refractivity contribution in [1.29, 1.82) is 0 Å². The van der Waals surface area contributed by atoms with Gasteiger partial charge in [-0.1, -0.05) is 13.0 Å². The molecule has 2 atom stereocenters. The number of benzene rings is 1. The van der Waals surface area contributed by atoms with E-state index in [1.54, 1.807) is 19.2 Å². The van der Waals surface area contributed by atoms with Gasteiger partial charge >= 0.3 is 0 Å². The van der Waals surface area contributed by atoms with E-state index >= 15 is 0 Å². The van der Waals surface area contributed by atoms with Crippen LogP contribution in [0.5, 0.6) is 5.75 Å². The molecule has 0 bridgehead atoms. The molecule has 7 heteroatoms. The summed E-state index contributed by atoms with van der Waals surface area (Å²) in [5.41, 5.74) is 1.77. The summed E-state index contributed by atoms with van der Waals surface area (Å²) in [7, 11) is 1.67. The molecule has 32 heavy (non-hydrogen) atoms. The maximum atomic E-state index is 14.0. The molecule has 1 saturated heterocycles. The van der Waals surface area contributed by atoms with Crippen molar-refractivity contribution in [2.24, 2.45) is 17.3 Å². The molecule has 1 saturated carbocycles. The zero-order valence-electron chi connectivity index (χ0n) is 18.9. The highest BCUT2D eigenvalue weighted by atomic mass is 19.1. The SMILES string of the molecule is COCc1cnc(N2CCC(C3(C)CC3CCOc3ccc(CC=O)c(F)c3)CC2)nc1. The van der Waals surface area contributed by atoms with Gasteiger partial charge < -0.3 is 19.2 Å². The van der Waals surface area contributed by atoms with Crippen LogP contribution in [-0.4, -0.2) is 43.1 Å². The number of carbonyl (C=O) groups excluding carboxylic acids is 1. The van der Waals surface area contributed by atoms with Gasteiger partial charge in [-0.05, 0) is 54.6 Å². The van der Waals surface area contributed by atoms with Crippen molar-refractivity contribution in [1.82, 2.24) is 9.97 Å².